The Kier molecular flexibility index (Phi) is 6.11. The Morgan fingerprint density at radius 3 is 2.83 bits per heavy atom. The van der Waals surface area contributed by atoms with Crippen molar-refractivity contribution in [2.24, 2.45) is 7.05 Å². The summed E-state index contributed by atoms with van der Waals surface area (Å²) in [6.07, 6.45) is -0.0315. The summed E-state index contributed by atoms with van der Waals surface area (Å²) < 4.78 is 33.0. The van der Waals surface area contributed by atoms with Crippen molar-refractivity contribution in [2.75, 3.05) is 19.7 Å². The maximum absolute atomic E-state index is 15.3. The van der Waals surface area contributed by atoms with Gasteiger partial charge >= 0.3 is 5.76 Å². The van der Waals surface area contributed by atoms with E-state index in [9.17, 15) is 14.9 Å². The molecular formula is C25H23FN4O5. The smallest absolute Gasteiger partial charge is 0.419 e. The van der Waals surface area contributed by atoms with Crippen LogP contribution in [0.1, 0.15) is 12.2 Å². The van der Waals surface area contributed by atoms with E-state index < -0.39 is 29.6 Å². The second-order valence-electron chi connectivity index (χ2n) is 8.47. The van der Waals surface area contributed by atoms with Gasteiger partial charge in [-0.15, -0.1) is 0 Å². The van der Waals surface area contributed by atoms with E-state index in [0.717, 1.165) is 24.1 Å². The highest BCUT2D eigenvalue weighted by atomic mass is 19.1. The monoisotopic (exact) mass is 478 g/mol. The van der Waals surface area contributed by atoms with Gasteiger partial charge in [-0.3, -0.25) is 9.36 Å². The minimum absolute atomic E-state index is 0.0170. The number of ether oxygens (including phenoxy) is 1. The molecule has 3 heterocycles. The summed E-state index contributed by atoms with van der Waals surface area (Å²) in [5.41, 5.74) is 2.92. The van der Waals surface area contributed by atoms with Gasteiger partial charge in [-0.2, -0.15) is 5.26 Å². The summed E-state index contributed by atoms with van der Waals surface area (Å²) in [5.74, 6) is -1.48. The van der Waals surface area contributed by atoms with Crippen LogP contribution in [0.2, 0.25) is 0 Å². The second kappa shape index (κ2) is 9.37. The zero-order chi connectivity index (χ0) is 24.5. The van der Waals surface area contributed by atoms with Gasteiger partial charge < -0.3 is 24.2 Å². The molecule has 180 valence electrons. The van der Waals surface area contributed by atoms with Gasteiger partial charge in [0.2, 0.25) is 0 Å². The molecule has 0 saturated carbocycles. The number of carbonyl (C=O) groups is 1. The topological polar surface area (TPSA) is 122 Å². The van der Waals surface area contributed by atoms with Gasteiger partial charge in [0.15, 0.2) is 11.4 Å². The highest BCUT2D eigenvalue weighted by Gasteiger charge is 2.25. The molecule has 0 unspecified atom stereocenters. The van der Waals surface area contributed by atoms with Crippen LogP contribution in [0.15, 0.2) is 50.0 Å². The number of hydrogen-bond donors (Lipinski definition) is 2. The number of aromatic nitrogens is 1. The van der Waals surface area contributed by atoms with Crippen LogP contribution in [0.3, 0.4) is 0 Å². The van der Waals surface area contributed by atoms with Crippen molar-refractivity contribution in [1.82, 2.24) is 15.2 Å². The normalized spacial score (nSPS) is 17.2. The van der Waals surface area contributed by atoms with E-state index in [2.05, 4.69) is 10.6 Å². The summed E-state index contributed by atoms with van der Waals surface area (Å²) in [4.78, 5) is 24.3. The maximum atomic E-state index is 15.3. The van der Waals surface area contributed by atoms with E-state index in [4.69, 9.17) is 13.6 Å². The van der Waals surface area contributed by atoms with E-state index in [-0.39, 0.29) is 17.6 Å². The van der Waals surface area contributed by atoms with Gasteiger partial charge in [0, 0.05) is 26.6 Å². The third kappa shape index (κ3) is 4.43. The zero-order valence-corrected chi connectivity index (χ0v) is 19.0. The minimum atomic E-state index is -0.978. The largest absolute Gasteiger partial charge is 0.458 e. The fraction of sp³-hybridized carbons (Fsp3) is 0.320. The van der Waals surface area contributed by atoms with Gasteiger partial charge in [0.05, 0.1) is 17.0 Å². The molecule has 1 aliphatic heterocycles. The highest BCUT2D eigenvalue weighted by Crippen LogP contribution is 2.31. The van der Waals surface area contributed by atoms with E-state index >= 15 is 4.39 Å². The van der Waals surface area contributed by atoms with Gasteiger partial charge in [-0.05, 0) is 48.4 Å². The van der Waals surface area contributed by atoms with Crippen LogP contribution < -0.4 is 16.4 Å². The molecule has 5 rings (SSSR count). The van der Waals surface area contributed by atoms with Crippen molar-refractivity contribution in [3.63, 3.8) is 0 Å². The molecule has 0 radical (unpaired) electrons. The third-order valence-electron chi connectivity index (χ3n) is 6.12. The fourth-order valence-electron chi connectivity index (χ4n) is 4.20. The molecular weight excluding hydrogens is 455 g/mol. The molecule has 9 nitrogen and oxygen atoms in total. The summed E-state index contributed by atoms with van der Waals surface area (Å²) in [5, 5.41) is 15.5. The average Bonchev–Trinajstić information content (AvgIpc) is 3.17. The number of amides is 1. The lowest BCUT2D eigenvalue weighted by Crippen LogP contribution is -2.46. The van der Waals surface area contributed by atoms with E-state index in [0.29, 0.717) is 29.8 Å². The summed E-state index contributed by atoms with van der Waals surface area (Å²) in [6, 6.07) is 11.4. The number of aryl methyl sites for hydroxylation is 1. The van der Waals surface area contributed by atoms with Gasteiger partial charge in [0.1, 0.15) is 23.5 Å². The first kappa shape index (κ1) is 22.8. The first-order valence-electron chi connectivity index (χ1n) is 11.3. The number of hydrogen-bond acceptors (Lipinski definition) is 7. The Bertz CT molecular complexity index is 1500. The third-order valence-corrected chi connectivity index (χ3v) is 6.12. The molecule has 2 aromatic heterocycles. The van der Waals surface area contributed by atoms with Crippen LogP contribution in [0.4, 0.5) is 4.39 Å². The first-order chi connectivity index (χ1) is 16.9. The number of halogens is 1. The second-order valence-corrected chi connectivity index (χ2v) is 8.47. The van der Waals surface area contributed by atoms with E-state index in [1.807, 2.05) is 6.07 Å². The van der Waals surface area contributed by atoms with Crippen molar-refractivity contribution >= 4 is 28.0 Å². The summed E-state index contributed by atoms with van der Waals surface area (Å²) in [6.45, 7) is 1.56. The van der Waals surface area contributed by atoms with E-state index in [1.54, 1.807) is 43.4 Å². The molecule has 0 spiro atoms. The molecule has 2 atom stereocenters. The minimum Gasteiger partial charge on any atom is -0.458 e. The molecule has 4 aromatic rings. The molecule has 1 fully saturated rings. The molecule has 2 aromatic carbocycles. The highest BCUT2D eigenvalue weighted by molar-refractivity contribution is 5.87. The van der Waals surface area contributed by atoms with Crippen molar-refractivity contribution in [3.8, 4) is 17.2 Å². The predicted molar refractivity (Wildman–Crippen MR) is 125 cm³/mol. The van der Waals surface area contributed by atoms with Crippen LogP contribution in [0.25, 0.3) is 33.2 Å². The Morgan fingerprint density at radius 2 is 2.03 bits per heavy atom. The van der Waals surface area contributed by atoms with E-state index in [1.165, 1.54) is 4.57 Å². The molecule has 1 aliphatic rings. The summed E-state index contributed by atoms with van der Waals surface area (Å²) in [7, 11) is 1.62. The number of fused-ring (bicyclic) bond motifs is 2. The number of benzene rings is 2. The number of carbonyl (C=O) groups excluding carboxylic acids is 1. The lowest BCUT2D eigenvalue weighted by Gasteiger charge is -2.17. The average molecular weight is 478 g/mol. The standard InChI is InChI=1S/C25H23FN4O5/c1-30-18-10-15(4-6-20(18)35-25(30)32)14-3-5-19-17(9-14)23(26)21(34-19)11-16(12-27)29-24(31)22-13-28-7-2-8-33-22/h3-6,9-10,16,22,28H,2,7-8,11,13H2,1H3,(H,29,31)/t16-,22-/m0/s1. The van der Waals surface area contributed by atoms with Crippen LogP contribution in [-0.2, 0) is 23.0 Å². The molecule has 1 amide bonds. The number of rotatable bonds is 5. The van der Waals surface area contributed by atoms with Gasteiger partial charge in [-0.25, -0.2) is 9.18 Å². The Hall–Kier alpha value is -3.94. The Labute approximate surface area is 199 Å². The number of nitrogens with zero attached hydrogens (tertiary/aromatic N) is 2. The van der Waals surface area contributed by atoms with Crippen molar-refractivity contribution in [1.29, 1.82) is 5.26 Å². The SMILES string of the molecule is Cn1c(=O)oc2ccc(-c3ccc4oc(C[C@@H](C#N)NC(=O)[C@@H]5CNCCCO5)c(F)c4c3)cc21. The van der Waals surface area contributed by atoms with Crippen LogP contribution in [0.5, 0.6) is 0 Å². The van der Waals surface area contributed by atoms with Crippen molar-refractivity contribution in [2.45, 2.75) is 25.0 Å². The van der Waals surface area contributed by atoms with Crippen LogP contribution >= 0.6 is 0 Å². The predicted octanol–water partition coefficient (Wildman–Crippen LogP) is 2.61. The Balaban J connectivity index is 1.38. The van der Waals surface area contributed by atoms with Gasteiger partial charge in [-0.1, -0.05) is 12.1 Å². The molecule has 10 heteroatoms. The van der Waals surface area contributed by atoms with Crippen molar-refractivity contribution in [3.05, 3.63) is 58.5 Å². The maximum Gasteiger partial charge on any atom is 0.419 e. The van der Waals surface area contributed by atoms with Crippen molar-refractivity contribution < 1.29 is 22.8 Å². The molecule has 0 bridgehead atoms. The number of nitrogens with one attached hydrogen (secondary N) is 2. The molecule has 1 saturated heterocycles. The fourth-order valence-corrected chi connectivity index (χ4v) is 4.20. The lowest BCUT2D eigenvalue weighted by atomic mass is 10.0. The molecule has 0 aliphatic carbocycles. The zero-order valence-electron chi connectivity index (χ0n) is 19.0. The lowest BCUT2D eigenvalue weighted by molar-refractivity contribution is -0.132. The first-order valence-corrected chi connectivity index (χ1v) is 11.3. The van der Waals surface area contributed by atoms with Gasteiger partial charge in [0.25, 0.3) is 5.91 Å². The van der Waals surface area contributed by atoms with Crippen LogP contribution in [0, 0.1) is 17.1 Å². The number of furan rings is 1. The molecule has 35 heavy (non-hydrogen) atoms. The number of nitriles is 1. The Morgan fingerprint density at radius 1 is 1.26 bits per heavy atom. The quantitative estimate of drug-likeness (QED) is 0.452. The summed E-state index contributed by atoms with van der Waals surface area (Å²) >= 11 is 0. The number of oxazole rings is 1. The van der Waals surface area contributed by atoms with Crippen LogP contribution in [-0.4, -0.2) is 42.3 Å². The molecule has 2 N–H and O–H groups in total.